The molecule has 1 N–H and O–H groups in total. The average molecular weight is 236 g/mol. The van der Waals surface area contributed by atoms with Gasteiger partial charge in [0.25, 0.3) is 0 Å². The van der Waals surface area contributed by atoms with E-state index >= 15 is 0 Å². The van der Waals surface area contributed by atoms with E-state index in [0.717, 1.165) is 19.5 Å². The summed E-state index contributed by atoms with van der Waals surface area (Å²) >= 11 is 0. The molecule has 3 nitrogen and oxygen atoms in total. The zero-order valence-corrected chi connectivity index (χ0v) is 11.5. The maximum Gasteiger partial charge on any atom is 0.244 e. The Labute approximate surface area is 104 Å². The van der Waals surface area contributed by atoms with Gasteiger partial charge in [-0.25, -0.2) is 0 Å². The summed E-state index contributed by atoms with van der Waals surface area (Å²) in [6, 6.07) is 0.412. The number of hydrogen-bond acceptors (Lipinski definition) is 2. The Balaban J connectivity index is 1.82. The van der Waals surface area contributed by atoms with Crippen LogP contribution in [0.4, 0.5) is 0 Å². The van der Waals surface area contributed by atoms with Crippen molar-refractivity contribution in [2.75, 3.05) is 6.67 Å². The Hall–Kier alpha value is -0.570. The van der Waals surface area contributed by atoms with Crippen LogP contribution in [0.1, 0.15) is 53.4 Å². The number of amides is 1. The highest BCUT2D eigenvalue weighted by Gasteiger charge is 2.70. The molecule has 0 aromatic carbocycles. The van der Waals surface area contributed by atoms with Gasteiger partial charge < -0.3 is 4.90 Å². The van der Waals surface area contributed by atoms with Crippen molar-refractivity contribution < 1.29 is 4.79 Å². The van der Waals surface area contributed by atoms with Crippen LogP contribution in [0.25, 0.3) is 0 Å². The molecule has 2 aliphatic carbocycles. The topological polar surface area (TPSA) is 32.3 Å². The molecule has 3 aliphatic rings. The van der Waals surface area contributed by atoms with E-state index in [1.165, 1.54) is 12.8 Å². The Kier molecular flexibility index (Phi) is 2.07. The molecule has 1 aliphatic heterocycles. The van der Waals surface area contributed by atoms with E-state index in [1.54, 1.807) is 0 Å². The second-order valence-corrected chi connectivity index (χ2v) is 7.24. The van der Waals surface area contributed by atoms with Crippen molar-refractivity contribution in [3.8, 4) is 0 Å². The number of carbonyl (C=O) groups excluding carboxylic acids is 1. The monoisotopic (exact) mass is 236 g/mol. The maximum atomic E-state index is 12.7. The predicted octanol–water partition coefficient (Wildman–Crippen LogP) is 2.12. The summed E-state index contributed by atoms with van der Waals surface area (Å²) in [5.41, 5.74) is 0.331. The molecule has 1 amide bonds. The van der Waals surface area contributed by atoms with Crippen LogP contribution in [0, 0.1) is 10.8 Å². The van der Waals surface area contributed by atoms with Crippen molar-refractivity contribution in [1.29, 1.82) is 0 Å². The van der Waals surface area contributed by atoms with Gasteiger partial charge in [-0.1, -0.05) is 40.5 Å². The minimum Gasteiger partial charge on any atom is -0.324 e. The van der Waals surface area contributed by atoms with Gasteiger partial charge in [0.15, 0.2) is 0 Å². The summed E-state index contributed by atoms with van der Waals surface area (Å²) in [5.74, 6) is 0.374. The Morgan fingerprint density at radius 1 is 1.12 bits per heavy atom. The van der Waals surface area contributed by atoms with Crippen LogP contribution < -0.4 is 5.32 Å². The van der Waals surface area contributed by atoms with Gasteiger partial charge in [-0.3, -0.25) is 10.1 Å². The number of rotatable bonds is 1. The summed E-state index contributed by atoms with van der Waals surface area (Å²) in [6.45, 7) is 9.89. The Morgan fingerprint density at radius 3 is 2.12 bits per heavy atom. The fourth-order valence-corrected chi connectivity index (χ4v) is 4.18. The molecule has 0 bridgehead atoms. The molecule has 96 valence electrons. The third kappa shape index (κ3) is 1.24. The highest BCUT2D eigenvalue weighted by atomic mass is 16.2. The molecule has 2 saturated carbocycles. The first kappa shape index (κ1) is 11.5. The van der Waals surface area contributed by atoms with Crippen molar-refractivity contribution in [3.05, 3.63) is 0 Å². The van der Waals surface area contributed by atoms with Crippen molar-refractivity contribution in [2.24, 2.45) is 10.8 Å². The molecule has 3 heteroatoms. The highest BCUT2D eigenvalue weighted by Crippen LogP contribution is 2.65. The SMILES string of the molecule is CC1(C)C(N2CNC3(CCCC3)C2=O)C1(C)C. The second kappa shape index (κ2) is 3.05. The lowest BCUT2D eigenvalue weighted by Gasteiger charge is -2.23. The van der Waals surface area contributed by atoms with E-state index in [4.69, 9.17) is 0 Å². The van der Waals surface area contributed by atoms with Gasteiger partial charge in [-0.2, -0.15) is 0 Å². The van der Waals surface area contributed by atoms with Crippen molar-refractivity contribution in [3.63, 3.8) is 0 Å². The van der Waals surface area contributed by atoms with Crippen molar-refractivity contribution >= 4 is 5.91 Å². The third-order valence-corrected chi connectivity index (χ3v) is 5.97. The van der Waals surface area contributed by atoms with E-state index in [2.05, 4.69) is 37.9 Å². The van der Waals surface area contributed by atoms with Gasteiger partial charge in [0.05, 0.1) is 12.2 Å². The lowest BCUT2D eigenvalue weighted by Crippen LogP contribution is -2.44. The van der Waals surface area contributed by atoms with E-state index < -0.39 is 0 Å². The molecule has 0 atom stereocenters. The normalized spacial score (nSPS) is 33.6. The zero-order chi connectivity index (χ0) is 12.5. The number of nitrogens with zero attached hydrogens (tertiary/aromatic N) is 1. The second-order valence-electron chi connectivity index (χ2n) is 7.24. The molecular weight excluding hydrogens is 212 g/mol. The van der Waals surface area contributed by atoms with Crippen LogP contribution in [0.3, 0.4) is 0 Å². The van der Waals surface area contributed by atoms with Gasteiger partial charge in [0, 0.05) is 6.04 Å². The predicted molar refractivity (Wildman–Crippen MR) is 67.4 cm³/mol. The van der Waals surface area contributed by atoms with Gasteiger partial charge in [0.1, 0.15) is 0 Å². The van der Waals surface area contributed by atoms with Crippen LogP contribution in [-0.4, -0.2) is 29.1 Å². The van der Waals surface area contributed by atoms with Crippen molar-refractivity contribution in [2.45, 2.75) is 65.0 Å². The summed E-state index contributed by atoms with van der Waals surface area (Å²) in [7, 11) is 0. The van der Waals surface area contributed by atoms with Crippen LogP contribution in [-0.2, 0) is 4.79 Å². The van der Waals surface area contributed by atoms with Crippen LogP contribution >= 0.6 is 0 Å². The minimum atomic E-state index is -0.186. The molecule has 17 heavy (non-hydrogen) atoms. The summed E-state index contributed by atoms with van der Waals surface area (Å²) in [5, 5.41) is 3.51. The minimum absolute atomic E-state index is 0.186. The van der Waals surface area contributed by atoms with Crippen LogP contribution in [0.2, 0.25) is 0 Å². The molecule has 0 unspecified atom stereocenters. The quantitative estimate of drug-likeness (QED) is 0.756. The first-order valence-electron chi connectivity index (χ1n) is 6.89. The standard InChI is InChI=1S/C14H24N2O/c1-12(2)10(13(12,3)4)16-9-15-14(11(16)17)7-5-6-8-14/h10,15H,5-9H2,1-4H3. The summed E-state index contributed by atoms with van der Waals surface area (Å²) < 4.78 is 0. The largest absolute Gasteiger partial charge is 0.324 e. The Morgan fingerprint density at radius 2 is 1.65 bits per heavy atom. The third-order valence-electron chi connectivity index (χ3n) is 5.97. The van der Waals surface area contributed by atoms with Gasteiger partial charge in [-0.15, -0.1) is 0 Å². The van der Waals surface area contributed by atoms with Crippen LogP contribution in [0.15, 0.2) is 0 Å². The van der Waals surface area contributed by atoms with Gasteiger partial charge in [0.2, 0.25) is 5.91 Å². The number of nitrogens with one attached hydrogen (secondary N) is 1. The molecule has 1 saturated heterocycles. The number of carbonyl (C=O) groups is 1. The fourth-order valence-electron chi connectivity index (χ4n) is 4.18. The zero-order valence-electron chi connectivity index (χ0n) is 11.5. The molecular formula is C14H24N2O. The number of hydrogen-bond donors (Lipinski definition) is 1. The molecule has 1 spiro atoms. The molecule has 0 radical (unpaired) electrons. The smallest absolute Gasteiger partial charge is 0.244 e. The summed E-state index contributed by atoms with van der Waals surface area (Å²) in [4.78, 5) is 14.8. The van der Waals surface area contributed by atoms with E-state index in [1.807, 2.05) is 0 Å². The van der Waals surface area contributed by atoms with E-state index in [9.17, 15) is 4.79 Å². The Bertz CT molecular complexity index is 352. The lowest BCUT2D eigenvalue weighted by atomic mass is 9.98. The molecule has 0 aromatic rings. The van der Waals surface area contributed by atoms with Crippen molar-refractivity contribution in [1.82, 2.24) is 10.2 Å². The van der Waals surface area contributed by atoms with Gasteiger partial charge in [-0.05, 0) is 23.7 Å². The first-order valence-corrected chi connectivity index (χ1v) is 6.89. The van der Waals surface area contributed by atoms with Gasteiger partial charge >= 0.3 is 0 Å². The van der Waals surface area contributed by atoms with Crippen LogP contribution in [0.5, 0.6) is 0 Å². The lowest BCUT2D eigenvalue weighted by molar-refractivity contribution is -0.133. The average Bonchev–Trinajstić information content (AvgIpc) is 2.71. The van der Waals surface area contributed by atoms with E-state index in [0.29, 0.717) is 11.9 Å². The summed E-state index contributed by atoms with van der Waals surface area (Å²) in [6.07, 6.45) is 4.47. The molecule has 0 aromatic heterocycles. The van der Waals surface area contributed by atoms with E-state index in [-0.39, 0.29) is 16.4 Å². The first-order chi connectivity index (χ1) is 7.83. The molecule has 3 fully saturated rings. The molecule has 3 rings (SSSR count). The maximum absolute atomic E-state index is 12.7. The molecule has 1 heterocycles. The fraction of sp³-hybridized carbons (Fsp3) is 0.929. The highest BCUT2D eigenvalue weighted by molar-refractivity contribution is 5.89.